The first kappa shape index (κ1) is 16.1. The number of fused-ring (bicyclic) bond motifs is 1. The number of benzene rings is 1. The van der Waals surface area contributed by atoms with Gasteiger partial charge in [-0.05, 0) is 19.9 Å². The summed E-state index contributed by atoms with van der Waals surface area (Å²) in [6.07, 6.45) is 1.16. The summed E-state index contributed by atoms with van der Waals surface area (Å²) in [7, 11) is 1.68. The van der Waals surface area contributed by atoms with Crippen LogP contribution in [0, 0.1) is 0 Å². The highest BCUT2D eigenvalue weighted by molar-refractivity contribution is 7.09. The number of nitrogens with zero attached hydrogens (tertiary/aromatic N) is 1. The summed E-state index contributed by atoms with van der Waals surface area (Å²) in [5.41, 5.74) is 3.16. The van der Waals surface area contributed by atoms with E-state index in [4.69, 9.17) is 14.2 Å². The highest BCUT2D eigenvalue weighted by Crippen LogP contribution is 2.38. The van der Waals surface area contributed by atoms with Gasteiger partial charge in [0.1, 0.15) is 22.6 Å². The first-order chi connectivity index (χ1) is 11.2. The first-order valence-corrected chi connectivity index (χ1v) is 8.70. The maximum Gasteiger partial charge on any atom is 0.142 e. The molecule has 0 saturated carbocycles. The Morgan fingerprint density at radius 2 is 2.30 bits per heavy atom. The minimum atomic E-state index is 0.227. The molecule has 1 aliphatic heterocycles. The van der Waals surface area contributed by atoms with Gasteiger partial charge in [0.05, 0.1) is 31.1 Å². The molecule has 1 N–H and O–H groups in total. The molecule has 0 bridgehead atoms. The molecule has 124 valence electrons. The highest BCUT2D eigenvalue weighted by Gasteiger charge is 2.21. The molecule has 1 atom stereocenters. The summed E-state index contributed by atoms with van der Waals surface area (Å²) in [4.78, 5) is 4.53. The zero-order chi connectivity index (χ0) is 16.2. The smallest absolute Gasteiger partial charge is 0.142 e. The van der Waals surface area contributed by atoms with E-state index in [1.165, 1.54) is 5.56 Å². The molecule has 1 aromatic carbocycles. The van der Waals surface area contributed by atoms with Gasteiger partial charge in [-0.2, -0.15) is 0 Å². The summed E-state index contributed by atoms with van der Waals surface area (Å²) >= 11 is 1.61. The van der Waals surface area contributed by atoms with Crippen LogP contribution in [0.15, 0.2) is 17.5 Å². The second-order valence-corrected chi connectivity index (χ2v) is 6.48. The van der Waals surface area contributed by atoms with Gasteiger partial charge in [0.25, 0.3) is 0 Å². The van der Waals surface area contributed by atoms with Gasteiger partial charge in [0, 0.05) is 30.5 Å². The zero-order valence-electron chi connectivity index (χ0n) is 13.7. The van der Waals surface area contributed by atoms with Crippen LogP contribution < -0.4 is 14.8 Å². The van der Waals surface area contributed by atoms with Gasteiger partial charge in [-0.1, -0.05) is 0 Å². The Bertz CT molecular complexity index is 672. The second kappa shape index (κ2) is 7.19. The first-order valence-electron chi connectivity index (χ1n) is 7.82. The van der Waals surface area contributed by atoms with Crippen molar-refractivity contribution in [2.45, 2.75) is 39.5 Å². The summed E-state index contributed by atoms with van der Waals surface area (Å²) in [5, 5.41) is 6.45. The molecule has 3 rings (SSSR count). The van der Waals surface area contributed by atoms with Gasteiger partial charge < -0.3 is 19.5 Å². The normalized spacial score (nSPS) is 16.0. The highest BCUT2D eigenvalue weighted by atomic mass is 32.1. The van der Waals surface area contributed by atoms with Crippen molar-refractivity contribution in [1.82, 2.24) is 4.98 Å². The standard InChI is InChI=1S/C17H22N2O3S/c1-4-21-16-6-12-5-11(2)22-15(12)7-14(16)18-8-13-10-23-17(19-13)9-20-3/h6-7,10-11,18H,4-5,8-9H2,1-3H3/t11-/m1/s1. The van der Waals surface area contributed by atoms with Crippen LogP contribution in [0.2, 0.25) is 0 Å². The molecule has 0 aliphatic carbocycles. The molecule has 0 saturated heterocycles. The number of rotatable bonds is 7. The van der Waals surface area contributed by atoms with Crippen molar-refractivity contribution in [1.29, 1.82) is 0 Å². The lowest BCUT2D eigenvalue weighted by molar-refractivity contribution is 0.184. The van der Waals surface area contributed by atoms with E-state index in [1.54, 1.807) is 18.4 Å². The number of ether oxygens (including phenoxy) is 3. The Hall–Kier alpha value is -1.79. The van der Waals surface area contributed by atoms with Crippen LogP contribution in [0.25, 0.3) is 0 Å². The van der Waals surface area contributed by atoms with E-state index in [0.717, 1.165) is 34.3 Å². The van der Waals surface area contributed by atoms with Crippen molar-refractivity contribution in [2.24, 2.45) is 0 Å². The molecule has 0 fully saturated rings. The van der Waals surface area contributed by atoms with E-state index in [-0.39, 0.29) is 6.10 Å². The summed E-state index contributed by atoms with van der Waals surface area (Å²) in [6.45, 7) is 5.92. The van der Waals surface area contributed by atoms with Crippen LogP contribution in [0.4, 0.5) is 5.69 Å². The molecule has 0 spiro atoms. The van der Waals surface area contributed by atoms with Crippen LogP contribution in [-0.4, -0.2) is 24.8 Å². The largest absolute Gasteiger partial charge is 0.492 e. The Morgan fingerprint density at radius 1 is 1.43 bits per heavy atom. The average Bonchev–Trinajstić information content (AvgIpc) is 3.11. The SMILES string of the molecule is CCOc1cc2c(cc1NCc1csc(COC)n1)O[C@H](C)C2. The monoisotopic (exact) mass is 334 g/mol. The zero-order valence-corrected chi connectivity index (χ0v) is 14.5. The summed E-state index contributed by atoms with van der Waals surface area (Å²) < 4.78 is 16.7. The maximum atomic E-state index is 5.84. The number of methoxy groups -OCH3 is 1. The fourth-order valence-electron chi connectivity index (χ4n) is 2.66. The quantitative estimate of drug-likeness (QED) is 0.838. The molecule has 2 aromatic rings. The van der Waals surface area contributed by atoms with Gasteiger partial charge in [-0.15, -0.1) is 11.3 Å². The van der Waals surface area contributed by atoms with Crippen LogP contribution in [0.1, 0.15) is 30.1 Å². The van der Waals surface area contributed by atoms with E-state index < -0.39 is 0 Å². The fraction of sp³-hybridized carbons (Fsp3) is 0.471. The molecule has 2 heterocycles. The minimum Gasteiger partial charge on any atom is -0.492 e. The molecule has 0 unspecified atom stereocenters. The van der Waals surface area contributed by atoms with E-state index in [1.807, 2.05) is 18.4 Å². The molecule has 0 amide bonds. The molecular weight excluding hydrogens is 312 g/mol. The number of hydrogen-bond acceptors (Lipinski definition) is 6. The van der Waals surface area contributed by atoms with Gasteiger partial charge in [0.2, 0.25) is 0 Å². The van der Waals surface area contributed by atoms with Gasteiger partial charge in [-0.3, -0.25) is 0 Å². The third kappa shape index (κ3) is 3.76. The average molecular weight is 334 g/mol. The van der Waals surface area contributed by atoms with Gasteiger partial charge in [0.15, 0.2) is 0 Å². The molecule has 1 aromatic heterocycles. The lowest BCUT2D eigenvalue weighted by Gasteiger charge is -2.13. The number of anilines is 1. The molecular formula is C17H22N2O3S. The molecule has 6 heteroatoms. The third-order valence-corrected chi connectivity index (χ3v) is 4.50. The van der Waals surface area contributed by atoms with Crippen molar-refractivity contribution in [3.63, 3.8) is 0 Å². The van der Waals surface area contributed by atoms with Gasteiger partial charge >= 0.3 is 0 Å². The topological polar surface area (TPSA) is 52.6 Å². The summed E-state index contributed by atoms with van der Waals surface area (Å²) in [6, 6.07) is 4.12. The van der Waals surface area contributed by atoms with Crippen molar-refractivity contribution < 1.29 is 14.2 Å². The second-order valence-electron chi connectivity index (χ2n) is 5.54. The van der Waals surface area contributed by atoms with Crippen LogP contribution in [-0.2, 0) is 24.3 Å². The molecule has 23 heavy (non-hydrogen) atoms. The lowest BCUT2D eigenvalue weighted by atomic mass is 10.1. The predicted molar refractivity (Wildman–Crippen MR) is 91.6 cm³/mol. The molecule has 1 aliphatic rings. The van der Waals surface area contributed by atoms with Crippen molar-refractivity contribution >= 4 is 17.0 Å². The Morgan fingerprint density at radius 3 is 3.09 bits per heavy atom. The predicted octanol–water partition coefficient (Wildman–Crippen LogP) is 3.62. The Balaban J connectivity index is 1.74. The number of thiazole rings is 1. The summed E-state index contributed by atoms with van der Waals surface area (Å²) in [5.74, 6) is 1.82. The molecule has 5 nitrogen and oxygen atoms in total. The number of aromatic nitrogens is 1. The van der Waals surface area contributed by atoms with Crippen LogP contribution >= 0.6 is 11.3 Å². The molecule has 0 radical (unpaired) electrons. The van der Waals surface area contributed by atoms with E-state index in [0.29, 0.717) is 19.8 Å². The fourth-order valence-corrected chi connectivity index (χ4v) is 3.42. The Labute approximate surface area is 140 Å². The number of hydrogen-bond donors (Lipinski definition) is 1. The Kier molecular flexibility index (Phi) is 5.03. The van der Waals surface area contributed by atoms with E-state index in [9.17, 15) is 0 Å². The maximum absolute atomic E-state index is 5.84. The van der Waals surface area contributed by atoms with Gasteiger partial charge in [-0.25, -0.2) is 4.98 Å². The number of nitrogens with one attached hydrogen (secondary N) is 1. The van der Waals surface area contributed by atoms with E-state index in [2.05, 4.69) is 23.3 Å². The van der Waals surface area contributed by atoms with Crippen molar-refractivity contribution in [3.8, 4) is 11.5 Å². The van der Waals surface area contributed by atoms with Crippen LogP contribution in [0.5, 0.6) is 11.5 Å². The van der Waals surface area contributed by atoms with Crippen molar-refractivity contribution in [3.05, 3.63) is 33.8 Å². The van der Waals surface area contributed by atoms with Crippen LogP contribution in [0.3, 0.4) is 0 Å². The lowest BCUT2D eigenvalue weighted by Crippen LogP contribution is -2.05. The van der Waals surface area contributed by atoms with Crippen molar-refractivity contribution in [2.75, 3.05) is 19.0 Å². The minimum absolute atomic E-state index is 0.227. The van der Waals surface area contributed by atoms with E-state index >= 15 is 0 Å². The third-order valence-electron chi connectivity index (χ3n) is 3.63.